The molecule has 1 aromatic rings. The van der Waals surface area contributed by atoms with Crippen LogP contribution < -0.4 is 16.0 Å². The molecule has 1 amide bonds. The fourth-order valence-electron chi connectivity index (χ4n) is 2.60. The molecule has 160 valence electrons. The van der Waals surface area contributed by atoms with Crippen LogP contribution in [0.15, 0.2) is 36.5 Å². The monoisotopic (exact) mass is 420 g/mol. The molecule has 0 aliphatic carbocycles. The zero-order valence-corrected chi connectivity index (χ0v) is 16.8. The summed E-state index contributed by atoms with van der Waals surface area (Å²) in [6.45, 7) is 5.42. The number of carbonyl (C=O) groups is 1. The lowest BCUT2D eigenvalue weighted by Gasteiger charge is -2.18. The minimum atomic E-state index is -4.37. The van der Waals surface area contributed by atoms with Gasteiger partial charge in [0, 0.05) is 24.0 Å². The number of aromatic amines is 1. The van der Waals surface area contributed by atoms with Gasteiger partial charge in [-0.3, -0.25) is 4.79 Å². The van der Waals surface area contributed by atoms with E-state index >= 15 is 0 Å². The molecule has 7 nitrogen and oxygen atoms in total. The quantitative estimate of drug-likeness (QED) is 0.474. The van der Waals surface area contributed by atoms with Crippen LogP contribution in [0.5, 0.6) is 0 Å². The number of rotatable bonds is 6. The molecule has 3 rings (SSSR count). The summed E-state index contributed by atoms with van der Waals surface area (Å²) in [5.74, 6) is 0.507. The number of amides is 1. The Kier molecular flexibility index (Phi) is 5.86. The Hall–Kier alpha value is -3.30. The lowest BCUT2D eigenvalue weighted by atomic mass is 9.97. The molecule has 1 aromatic carbocycles. The van der Waals surface area contributed by atoms with Crippen molar-refractivity contribution in [2.75, 3.05) is 23.7 Å². The van der Waals surface area contributed by atoms with Gasteiger partial charge in [-0.25, -0.2) is 4.98 Å². The molecular weight excluding hydrogens is 397 g/mol. The van der Waals surface area contributed by atoms with Gasteiger partial charge in [-0.2, -0.15) is 18.2 Å². The van der Waals surface area contributed by atoms with Gasteiger partial charge in [0.15, 0.2) is 0 Å². The van der Waals surface area contributed by atoms with Crippen LogP contribution in [-0.2, 0) is 0 Å². The number of fused-ring (bicyclic) bond motifs is 1. The van der Waals surface area contributed by atoms with Crippen LogP contribution in [-0.4, -0.2) is 40.1 Å². The second-order valence-electron chi connectivity index (χ2n) is 8.06. The maximum Gasteiger partial charge on any atom is 0.405 e. The highest BCUT2D eigenvalue weighted by Gasteiger charge is 2.28. The van der Waals surface area contributed by atoms with Crippen molar-refractivity contribution in [2.45, 2.75) is 26.9 Å². The van der Waals surface area contributed by atoms with Crippen molar-refractivity contribution >= 4 is 23.4 Å². The molecule has 0 saturated carbocycles. The highest BCUT2D eigenvalue weighted by molar-refractivity contribution is 5.94. The summed E-state index contributed by atoms with van der Waals surface area (Å²) in [7, 11) is 0. The smallest absolute Gasteiger partial charge is 0.360 e. The van der Waals surface area contributed by atoms with Crippen molar-refractivity contribution in [1.82, 2.24) is 20.3 Å². The largest absolute Gasteiger partial charge is 0.405 e. The number of nitrogens with zero attached hydrogens (tertiary/aromatic N) is 2. The fourth-order valence-corrected chi connectivity index (χ4v) is 2.60. The predicted octanol–water partition coefficient (Wildman–Crippen LogP) is 4.40. The molecule has 0 unspecified atom stereocenters. The number of alkyl halides is 3. The standard InChI is InChI=1S/C20H23F3N6O/c1-19(2,3)10-26-17(30)12-4-6-13(7-5-12)27-18-28-15-14(8-9-24-15)16(29-18)25-11-20(21,22)23/h4-9H,10-11H2,1-3H3,(H,26,30)(H3,24,25,27,28,29). The van der Waals surface area contributed by atoms with Crippen LogP contribution in [0, 0.1) is 5.41 Å². The molecule has 0 radical (unpaired) electrons. The lowest BCUT2D eigenvalue weighted by Crippen LogP contribution is -2.32. The van der Waals surface area contributed by atoms with Crippen LogP contribution in [0.4, 0.5) is 30.6 Å². The summed E-state index contributed by atoms with van der Waals surface area (Å²) in [5, 5.41) is 8.16. The van der Waals surface area contributed by atoms with E-state index in [2.05, 4.69) is 30.9 Å². The van der Waals surface area contributed by atoms with Gasteiger partial charge >= 0.3 is 6.18 Å². The van der Waals surface area contributed by atoms with Gasteiger partial charge in [-0.1, -0.05) is 20.8 Å². The fraction of sp³-hybridized carbons (Fsp3) is 0.350. The maximum atomic E-state index is 12.6. The molecule has 0 bridgehead atoms. The van der Waals surface area contributed by atoms with E-state index in [1.807, 2.05) is 20.8 Å². The zero-order chi connectivity index (χ0) is 21.9. The summed E-state index contributed by atoms with van der Waals surface area (Å²) in [6, 6.07) is 8.26. The van der Waals surface area contributed by atoms with Gasteiger partial charge in [-0.05, 0) is 35.7 Å². The number of H-pyrrole nitrogens is 1. The molecule has 2 aliphatic rings. The summed E-state index contributed by atoms with van der Waals surface area (Å²) >= 11 is 0. The average Bonchev–Trinajstić information content (AvgIpc) is 3.12. The molecule has 0 fully saturated rings. The highest BCUT2D eigenvalue weighted by Crippen LogP contribution is 2.29. The summed E-state index contributed by atoms with van der Waals surface area (Å²) in [6.07, 6.45) is -2.89. The Bertz CT molecular complexity index is 976. The summed E-state index contributed by atoms with van der Waals surface area (Å²) < 4.78 is 37.7. The Morgan fingerprint density at radius 2 is 1.77 bits per heavy atom. The number of aromatic nitrogens is 3. The van der Waals surface area contributed by atoms with E-state index in [0.717, 1.165) is 0 Å². The molecule has 0 saturated heterocycles. The van der Waals surface area contributed by atoms with Gasteiger partial charge in [0.1, 0.15) is 18.2 Å². The van der Waals surface area contributed by atoms with Crippen LogP contribution in [0.2, 0.25) is 0 Å². The molecule has 0 atom stereocenters. The van der Waals surface area contributed by atoms with E-state index in [4.69, 9.17) is 0 Å². The van der Waals surface area contributed by atoms with E-state index in [9.17, 15) is 18.0 Å². The summed E-state index contributed by atoms with van der Waals surface area (Å²) in [5.41, 5.74) is 1.54. The van der Waals surface area contributed by atoms with Crippen molar-refractivity contribution in [3.05, 3.63) is 42.1 Å². The third kappa shape index (κ3) is 5.85. The number of anilines is 3. The third-order valence-corrected chi connectivity index (χ3v) is 4.06. The topological polar surface area (TPSA) is 94.7 Å². The van der Waals surface area contributed by atoms with E-state index in [1.54, 1.807) is 30.3 Å². The first kappa shape index (κ1) is 21.4. The molecule has 0 spiro atoms. The van der Waals surface area contributed by atoms with Crippen LogP contribution in [0.25, 0.3) is 11.4 Å². The highest BCUT2D eigenvalue weighted by atomic mass is 19.4. The molecular formula is C20H23F3N6O. The molecule has 30 heavy (non-hydrogen) atoms. The Morgan fingerprint density at radius 3 is 2.40 bits per heavy atom. The van der Waals surface area contributed by atoms with Gasteiger partial charge in [0.2, 0.25) is 5.95 Å². The molecule has 2 aliphatic heterocycles. The minimum absolute atomic E-state index is 0.0238. The van der Waals surface area contributed by atoms with E-state index in [0.29, 0.717) is 29.2 Å². The number of carbonyl (C=O) groups excluding carboxylic acids is 1. The van der Waals surface area contributed by atoms with Gasteiger partial charge < -0.3 is 20.9 Å². The Labute approximate surface area is 171 Å². The first-order valence-corrected chi connectivity index (χ1v) is 9.31. The molecule has 0 aromatic heterocycles. The zero-order valence-electron chi connectivity index (χ0n) is 16.8. The maximum absolute atomic E-state index is 12.6. The lowest BCUT2D eigenvalue weighted by molar-refractivity contribution is -0.115. The third-order valence-electron chi connectivity index (χ3n) is 4.06. The number of hydrogen-bond acceptors (Lipinski definition) is 5. The SMILES string of the molecule is CC(C)(C)CNC(=O)c1ccc(Nc2nc(NCC(F)(F)F)c3ccnc-3[nH]2)cc1. The van der Waals surface area contributed by atoms with Gasteiger partial charge in [-0.15, -0.1) is 0 Å². The van der Waals surface area contributed by atoms with E-state index in [-0.39, 0.29) is 23.1 Å². The predicted molar refractivity (Wildman–Crippen MR) is 109 cm³/mol. The second-order valence-corrected chi connectivity index (χ2v) is 8.06. The molecule has 2 heterocycles. The number of hydrogen-bond donors (Lipinski definition) is 4. The minimum Gasteiger partial charge on any atom is -0.360 e. The number of benzene rings is 1. The van der Waals surface area contributed by atoms with Crippen molar-refractivity contribution in [3.63, 3.8) is 0 Å². The first-order valence-electron chi connectivity index (χ1n) is 9.31. The van der Waals surface area contributed by atoms with Crippen LogP contribution in [0.1, 0.15) is 31.1 Å². The Balaban J connectivity index is 1.73. The van der Waals surface area contributed by atoms with Crippen LogP contribution >= 0.6 is 0 Å². The summed E-state index contributed by atoms with van der Waals surface area (Å²) in [4.78, 5) is 23.4. The van der Waals surface area contributed by atoms with E-state index < -0.39 is 12.7 Å². The van der Waals surface area contributed by atoms with Gasteiger partial charge in [0.05, 0.1) is 5.56 Å². The van der Waals surface area contributed by atoms with E-state index in [1.165, 1.54) is 6.20 Å². The number of nitrogens with one attached hydrogen (secondary N) is 4. The van der Waals surface area contributed by atoms with Crippen molar-refractivity contribution in [3.8, 4) is 11.4 Å². The average molecular weight is 420 g/mol. The van der Waals surface area contributed by atoms with Crippen LogP contribution in [0.3, 0.4) is 0 Å². The molecule has 10 heteroatoms. The number of halogens is 3. The van der Waals surface area contributed by atoms with Crippen molar-refractivity contribution in [1.29, 1.82) is 0 Å². The second kappa shape index (κ2) is 8.21. The van der Waals surface area contributed by atoms with Crippen molar-refractivity contribution < 1.29 is 18.0 Å². The molecule has 4 N–H and O–H groups in total. The Morgan fingerprint density at radius 1 is 1.07 bits per heavy atom. The first-order chi connectivity index (χ1) is 14.0. The normalized spacial score (nSPS) is 12.1. The van der Waals surface area contributed by atoms with Crippen molar-refractivity contribution in [2.24, 2.45) is 5.41 Å². The van der Waals surface area contributed by atoms with Gasteiger partial charge in [0.25, 0.3) is 5.91 Å².